The van der Waals surface area contributed by atoms with E-state index in [-0.39, 0.29) is 5.41 Å². The number of hydrogen-bond acceptors (Lipinski definition) is 1. The van der Waals surface area contributed by atoms with E-state index in [2.05, 4.69) is 116 Å². The number of aromatic nitrogens is 1. The van der Waals surface area contributed by atoms with Crippen molar-refractivity contribution >= 4 is 11.1 Å². The number of hydrogen-bond donors (Lipinski definition) is 0. The summed E-state index contributed by atoms with van der Waals surface area (Å²) in [5.41, 5.74) is 11.6. The van der Waals surface area contributed by atoms with Crippen LogP contribution in [-0.2, 0) is 6.42 Å². The number of nitrogens with zero attached hydrogens (tertiary/aromatic N) is 1. The van der Waals surface area contributed by atoms with Gasteiger partial charge in [-0.1, -0.05) is 83.2 Å². The molecule has 0 aliphatic heterocycles. The Hall–Kier alpha value is -3.37. The van der Waals surface area contributed by atoms with E-state index in [1.165, 1.54) is 44.5 Å². The maximum atomic E-state index is 5.67. The summed E-state index contributed by atoms with van der Waals surface area (Å²) in [4.78, 5) is 4.78. The van der Waals surface area contributed by atoms with E-state index in [0.717, 1.165) is 31.4 Å². The van der Waals surface area contributed by atoms with Crippen molar-refractivity contribution in [3.63, 3.8) is 0 Å². The van der Waals surface area contributed by atoms with Gasteiger partial charge in [-0.15, -0.1) is 18.9 Å². The van der Waals surface area contributed by atoms with Crippen molar-refractivity contribution < 1.29 is 0 Å². The Morgan fingerprint density at radius 1 is 1.03 bits per heavy atom. The summed E-state index contributed by atoms with van der Waals surface area (Å²) in [6.07, 6.45) is 13.3. The van der Waals surface area contributed by atoms with Gasteiger partial charge in [0.1, 0.15) is 0 Å². The van der Waals surface area contributed by atoms with Crippen LogP contribution in [0, 0.1) is 30.6 Å². The molecule has 198 valence electrons. The summed E-state index contributed by atoms with van der Waals surface area (Å²) in [7, 11) is 0. The molecule has 0 bridgehead atoms. The van der Waals surface area contributed by atoms with Gasteiger partial charge >= 0.3 is 0 Å². The van der Waals surface area contributed by atoms with Crippen molar-refractivity contribution in [2.24, 2.45) is 11.3 Å². The summed E-state index contributed by atoms with van der Waals surface area (Å²) in [6, 6.07) is 20.2. The summed E-state index contributed by atoms with van der Waals surface area (Å²) >= 11 is 0. The molecule has 1 atom stereocenters. The first-order valence-electron chi connectivity index (χ1n) is 14.0. The fraction of sp³-hybridized carbons (Fsp3) is 0.378. The molecule has 0 amide bonds. The van der Waals surface area contributed by atoms with Crippen molar-refractivity contribution in [1.29, 1.82) is 0 Å². The Morgan fingerprint density at radius 3 is 2.45 bits per heavy atom. The summed E-state index contributed by atoms with van der Waals surface area (Å²) in [5, 5.41) is 0. The largest absolute Gasteiger partial charge is 0.260 e. The fourth-order valence-electron chi connectivity index (χ4n) is 5.22. The molecule has 38 heavy (non-hydrogen) atoms. The van der Waals surface area contributed by atoms with Crippen LogP contribution in [-0.4, -0.2) is 4.98 Å². The average Bonchev–Trinajstić information content (AvgIpc) is 2.90. The van der Waals surface area contributed by atoms with Crippen molar-refractivity contribution in [3.8, 4) is 23.5 Å². The molecule has 1 nitrogen and oxygen atoms in total. The standard InChI is InChI=1S/C37H45N/c1-10-12-20-37(8,9)25-35(29(7)33-17-14-21-38-36(33)26(3)4)34-24-32(19-18-28(34)6)31-16-13-15-30(23-31)22-27(5)11-2/h1,11,13-19,21,23-24,26-27H,2,12,20,22,25H2,3-9H3/b35-29+. The summed E-state index contributed by atoms with van der Waals surface area (Å²) in [5.74, 6) is 3.66. The van der Waals surface area contributed by atoms with E-state index < -0.39 is 0 Å². The highest BCUT2D eigenvalue weighted by molar-refractivity contribution is 5.92. The summed E-state index contributed by atoms with van der Waals surface area (Å²) < 4.78 is 0. The third-order valence-corrected chi connectivity index (χ3v) is 7.63. The maximum Gasteiger partial charge on any atom is 0.0503 e. The SMILES string of the molecule is C#CCCC(C)(C)C/C(=C(/C)c1cccnc1C(C)C)c1cc(-c2cccc(CC(C)C=C)c2)ccc1C. The molecule has 0 saturated carbocycles. The first-order valence-corrected chi connectivity index (χ1v) is 14.0. The zero-order valence-corrected chi connectivity index (χ0v) is 24.6. The first-order chi connectivity index (χ1) is 18.1. The molecule has 1 heteroatoms. The molecular weight excluding hydrogens is 458 g/mol. The van der Waals surface area contributed by atoms with Crippen LogP contribution in [0.4, 0.5) is 0 Å². The van der Waals surface area contributed by atoms with Crippen LogP contribution in [0.3, 0.4) is 0 Å². The Kier molecular flexibility index (Phi) is 9.93. The van der Waals surface area contributed by atoms with Gasteiger partial charge in [0.15, 0.2) is 0 Å². The summed E-state index contributed by atoms with van der Waals surface area (Å²) in [6.45, 7) is 19.8. The van der Waals surface area contributed by atoms with Gasteiger partial charge in [-0.05, 0) is 107 Å². The fourth-order valence-corrected chi connectivity index (χ4v) is 5.22. The quantitative estimate of drug-likeness (QED) is 0.187. The van der Waals surface area contributed by atoms with Crippen LogP contribution in [0.2, 0.25) is 0 Å². The van der Waals surface area contributed by atoms with Crippen LogP contribution < -0.4 is 0 Å². The third-order valence-electron chi connectivity index (χ3n) is 7.63. The number of terminal acetylenes is 1. The van der Waals surface area contributed by atoms with E-state index >= 15 is 0 Å². The molecule has 0 aliphatic carbocycles. The van der Waals surface area contributed by atoms with Gasteiger partial charge in [0.25, 0.3) is 0 Å². The van der Waals surface area contributed by atoms with E-state index in [9.17, 15) is 0 Å². The number of benzene rings is 2. The van der Waals surface area contributed by atoms with Crippen molar-refractivity contribution in [2.75, 3.05) is 0 Å². The van der Waals surface area contributed by atoms with Gasteiger partial charge in [-0.3, -0.25) is 4.98 Å². The van der Waals surface area contributed by atoms with Gasteiger partial charge in [0, 0.05) is 12.6 Å². The second kappa shape index (κ2) is 12.9. The lowest BCUT2D eigenvalue weighted by molar-refractivity contribution is 0.350. The van der Waals surface area contributed by atoms with E-state index in [1.807, 2.05) is 12.3 Å². The van der Waals surface area contributed by atoms with Crippen LogP contribution in [0.5, 0.6) is 0 Å². The lowest BCUT2D eigenvalue weighted by atomic mass is 9.76. The molecular formula is C37H45N. The Morgan fingerprint density at radius 2 is 1.76 bits per heavy atom. The molecule has 0 N–H and O–H groups in total. The van der Waals surface area contributed by atoms with Crippen molar-refractivity contribution in [1.82, 2.24) is 4.98 Å². The molecule has 0 aliphatic rings. The van der Waals surface area contributed by atoms with E-state index in [4.69, 9.17) is 11.4 Å². The highest BCUT2D eigenvalue weighted by Gasteiger charge is 2.24. The maximum absolute atomic E-state index is 5.67. The second-order valence-electron chi connectivity index (χ2n) is 11.9. The van der Waals surface area contributed by atoms with Crippen LogP contribution in [0.15, 0.2) is 73.4 Å². The molecule has 0 saturated heterocycles. The number of aryl methyl sites for hydroxylation is 1. The second-order valence-corrected chi connectivity index (χ2v) is 11.9. The molecule has 1 aromatic heterocycles. The topological polar surface area (TPSA) is 12.9 Å². The molecule has 0 fully saturated rings. The van der Waals surface area contributed by atoms with Crippen LogP contribution >= 0.6 is 0 Å². The van der Waals surface area contributed by atoms with Crippen molar-refractivity contribution in [3.05, 3.63) is 101 Å². The smallest absolute Gasteiger partial charge is 0.0503 e. The molecule has 3 rings (SSSR count). The average molecular weight is 504 g/mol. The predicted molar refractivity (Wildman–Crippen MR) is 167 cm³/mol. The molecule has 0 radical (unpaired) electrons. The zero-order chi connectivity index (χ0) is 27.9. The van der Waals surface area contributed by atoms with Gasteiger partial charge in [0.05, 0.1) is 5.69 Å². The minimum absolute atomic E-state index is 0.0757. The first kappa shape index (κ1) is 29.2. The molecule has 1 heterocycles. The van der Waals surface area contributed by atoms with E-state index in [1.54, 1.807) is 0 Å². The third kappa shape index (κ3) is 7.35. The van der Waals surface area contributed by atoms with Gasteiger partial charge in [0.2, 0.25) is 0 Å². The number of allylic oxidation sites excluding steroid dienone is 3. The lowest BCUT2D eigenvalue weighted by Gasteiger charge is -2.28. The number of rotatable bonds is 11. The van der Waals surface area contributed by atoms with Gasteiger partial charge in [-0.25, -0.2) is 0 Å². The van der Waals surface area contributed by atoms with Crippen molar-refractivity contribution in [2.45, 2.75) is 80.1 Å². The zero-order valence-electron chi connectivity index (χ0n) is 24.6. The normalized spacial score (nSPS) is 13.1. The Balaban J connectivity index is 2.19. The Bertz CT molecular complexity index is 1330. The van der Waals surface area contributed by atoms with E-state index in [0.29, 0.717) is 11.8 Å². The minimum atomic E-state index is 0.0757. The van der Waals surface area contributed by atoms with Crippen LogP contribution in [0.25, 0.3) is 22.3 Å². The monoisotopic (exact) mass is 503 g/mol. The molecule has 0 spiro atoms. The van der Waals surface area contributed by atoms with Gasteiger partial charge in [-0.2, -0.15) is 0 Å². The highest BCUT2D eigenvalue weighted by atomic mass is 14.7. The Labute approximate surface area is 232 Å². The number of pyridine rings is 1. The predicted octanol–water partition coefficient (Wildman–Crippen LogP) is 10.3. The molecule has 2 aromatic carbocycles. The van der Waals surface area contributed by atoms with Crippen LogP contribution in [0.1, 0.15) is 94.7 Å². The molecule has 3 aromatic rings. The minimum Gasteiger partial charge on any atom is -0.260 e. The van der Waals surface area contributed by atoms with Gasteiger partial charge < -0.3 is 0 Å². The highest BCUT2D eigenvalue weighted by Crippen LogP contribution is 2.42. The lowest BCUT2D eigenvalue weighted by Crippen LogP contribution is -2.13. The molecule has 1 unspecified atom stereocenters.